The van der Waals surface area contributed by atoms with Gasteiger partial charge in [0.1, 0.15) is 6.04 Å². The molecule has 4 heteroatoms. The van der Waals surface area contributed by atoms with Crippen LogP contribution in [-0.4, -0.2) is 35.8 Å². The van der Waals surface area contributed by atoms with Crippen molar-refractivity contribution < 1.29 is 9.59 Å². The molecule has 4 rings (SSSR count). The van der Waals surface area contributed by atoms with Crippen LogP contribution in [0.1, 0.15) is 30.4 Å². The number of nitrogens with one attached hydrogen (secondary N) is 1. The fourth-order valence-corrected chi connectivity index (χ4v) is 4.18. The molecule has 1 heterocycles. The Morgan fingerprint density at radius 2 is 2.14 bits per heavy atom. The highest BCUT2D eigenvalue weighted by Gasteiger charge is 2.58. The Hall–Kier alpha value is -1.84. The Morgan fingerprint density at radius 1 is 1.33 bits per heavy atom. The van der Waals surface area contributed by atoms with Gasteiger partial charge >= 0.3 is 0 Å². The molecule has 1 aromatic rings. The van der Waals surface area contributed by atoms with Gasteiger partial charge in [0.05, 0.1) is 0 Å². The van der Waals surface area contributed by atoms with Gasteiger partial charge in [-0.25, -0.2) is 0 Å². The standard InChI is InChI=1S/C17H20N2O2/c1-10-16(20)18-8-9-19(10)17(21)15-13-7-6-11-4-2-3-5-12(11)14(13)15/h2-5,10,13-15H,6-9H2,1H3,(H,18,20). The van der Waals surface area contributed by atoms with Crippen LogP contribution in [0.4, 0.5) is 0 Å². The molecule has 0 spiro atoms. The van der Waals surface area contributed by atoms with Crippen LogP contribution >= 0.6 is 0 Å². The number of carbonyl (C=O) groups is 2. The van der Waals surface area contributed by atoms with Crippen molar-refractivity contribution in [3.8, 4) is 0 Å². The van der Waals surface area contributed by atoms with E-state index in [0.29, 0.717) is 24.9 Å². The van der Waals surface area contributed by atoms with Crippen molar-refractivity contribution in [1.82, 2.24) is 10.2 Å². The molecule has 0 aromatic heterocycles. The minimum absolute atomic E-state index is 0.0291. The zero-order valence-electron chi connectivity index (χ0n) is 12.2. The molecule has 1 saturated heterocycles. The highest BCUT2D eigenvalue weighted by molar-refractivity contribution is 5.91. The number of benzene rings is 1. The quantitative estimate of drug-likeness (QED) is 0.845. The molecule has 2 aliphatic carbocycles. The molecule has 1 aliphatic heterocycles. The second kappa shape index (κ2) is 4.58. The van der Waals surface area contributed by atoms with Crippen LogP contribution in [-0.2, 0) is 16.0 Å². The van der Waals surface area contributed by atoms with Gasteiger partial charge in [-0.2, -0.15) is 0 Å². The van der Waals surface area contributed by atoms with Gasteiger partial charge in [-0.05, 0) is 42.7 Å². The van der Waals surface area contributed by atoms with Crippen molar-refractivity contribution in [2.45, 2.75) is 31.7 Å². The smallest absolute Gasteiger partial charge is 0.242 e. The largest absolute Gasteiger partial charge is 0.353 e. The molecule has 110 valence electrons. The van der Waals surface area contributed by atoms with E-state index in [2.05, 4.69) is 29.6 Å². The summed E-state index contributed by atoms with van der Waals surface area (Å²) >= 11 is 0. The van der Waals surface area contributed by atoms with E-state index >= 15 is 0 Å². The minimum Gasteiger partial charge on any atom is -0.353 e. The Balaban J connectivity index is 1.57. The van der Waals surface area contributed by atoms with Crippen LogP contribution < -0.4 is 5.32 Å². The lowest BCUT2D eigenvalue weighted by atomic mass is 9.92. The number of hydrogen-bond acceptors (Lipinski definition) is 2. The normalized spacial score (nSPS) is 33.8. The Labute approximate surface area is 124 Å². The van der Waals surface area contributed by atoms with Crippen molar-refractivity contribution in [2.75, 3.05) is 13.1 Å². The lowest BCUT2D eigenvalue weighted by Crippen LogP contribution is -2.56. The van der Waals surface area contributed by atoms with Gasteiger partial charge in [-0.3, -0.25) is 9.59 Å². The maximum Gasteiger partial charge on any atom is 0.242 e. The van der Waals surface area contributed by atoms with Crippen LogP contribution in [0.15, 0.2) is 24.3 Å². The molecule has 1 aromatic carbocycles. The third kappa shape index (κ3) is 1.88. The highest BCUT2D eigenvalue weighted by atomic mass is 16.2. The first kappa shape index (κ1) is 12.9. The van der Waals surface area contributed by atoms with Gasteiger partial charge < -0.3 is 10.2 Å². The average Bonchev–Trinajstić information content (AvgIpc) is 3.24. The van der Waals surface area contributed by atoms with E-state index in [0.717, 1.165) is 12.8 Å². The molecular weight excluding hydrogens is 264 g/mol. The van der Waals surface area contributed by atoms with Gasteiger partial charge in [0.15, 0.2) is 0 Å². The molecule has 4 atom stereocenters. The zero-order chi connectivity index (χ0) is 14.6. The predicted molar refractivity (Wildman–Crippen MR) is 78.7 cm³/mol. The predicted octanol–water partition coefficient (Wildman–Crippen LogP) is 1.31. The molecule has 3 aliphatic rings. The van der Waals surface area contributed by atoms with E-state index in [1.165, 1.54) is 11.1 Å². The first-order chi connectivity index (χ1) is 10.2. The lowest BCUT2D eigenvalue weighted by Gasteiger charge is -2.33. The van der Waals surface area contributed by atoms with E-state index in [1.807, 2.05) is 6.92 Å². The number of piperazine rings is 1. The second-order valence-corrected chi connectivity index (χ2v) is 6.45. The summed E-state index contributed by atoms with van der Waals surface area (Å²) in [5, 5.41) is 2.82. The number of fused-ring (bicyclic) bond motifs is 3. The molecule has 1 N–H and O–H groups in total. The van der Waals surface area contributed by atoms with Gasteiger partial charge in [0, 0.05) is 19.0 Å². The number of hydrogen-bond donors (Lipinski definition) is 1. The first-order valence-electron chi connectivity index (χ1n) is 7.84. The van der Waals surface area contributed by atoms with Gasteiger partial charge in [-0.15, -0.1) is 0 Å². The van der Waals surface area contributed by atoms with Crippen LogP contribution in [0.2, 0.25) is 0 Å². The van der Waals surface area contributed by atoms with E-state index in [4.69, 9.17) is 0 Å². The SMILES string of the molecule is CC1C(=O)NCCN1C(=O)C1C2CCc3ccccc3C21. The summed E-state index contributed by atoms with van der Waals surface area (Å²) in [7, 11) is 0. The Bertz CT molecular complexity index is 613. The van der Waals surface area contributed by atoms with Crippen molar-refractivity contribution in [3.05, 3.63) is 35.4 Å². The molecule has 21 heavy (non-hydrogen) atoms. The molecule has 1 saturated carbocycles. The summed E-state index contributed by atoms with van der Waals surface area (Å²) in [5.74, 6) is 1.13. The zero-order valence-corrected chi connectivity index (χ0v) is 12.2. The van der Waals surface area contributed by atoms with Crippen LogP contribution in [0.5, 0.6) is 0 Å². The monoisotopic (exact) mass is 284 g/mol. The fourth-order valence-electron chi connectivity index (χ4n) is 4.18. The summed E-state index contributed by atoms with van der Waals surface area (Å²) in [6, 6.07) is 8.17. The summed E-state index contributed by atoms with van der Waals surface area (Å²) < 4.78 is 0. The van der Waals surface area contributed by atoms with Crippen molar-refractivity contribution in [1.29, 1.82) is 0 Å². The summed E-state index contributed by atoms with van der Waals surface area (Å²) in [4.78, 5) is 26.4. The third-order valence-corrected chi connectivity index (χ3v) is 5.40. The number of carbonyl (C=O) groups excluding carboxylic acids is 2. The minimum atomic E-state index is -0.329. The lowest BCUT2D eigenvalue weighted by molar-refractivity contribution is -0.143. The topological polar surface area (TPSA) is 49.4 Å². The Kier molecular flexibility index (Phi) is 2.81. The second-order valence-electron chi connectivity index (χ2n) is 6.45. The number of aryl methyl sites for hydroxylation is 1. The van der Waals surface area contributed by atoms with Gasteiger partial charge in [0.2, 0.25) is 11.8 Å². The van der Waals surface area contributed by atoms with E-state index in [1.54, 1.807) is 4.90 Å². The Morgan fingerprint density at radius 3 is 3.00 bits per heavy atom. The third-order valence-electron chi connectivity index (χ3n) is 5.40. The molecule has 4 unspecified atom stereocenters. The summed E-state index contributed by atoms with van der Waals surface area (Å²) in [6.07, 6.45) is 2.18. The summed E-state index contributed by atoms with van der Waals surface area (Å²) in [5.41, 5.74) is 2.76. The first-order valence-corrected chi connectivity index (χ1v) is 7.84. The molecule has 4 nitrogen and oxygen atoms in total. The van der Waals surface area contributed by atoms with Crippen molar-refractivity contribution in [2.24, 2.45) is 11.8 Å². The van der Waals surface area contributed by atoms with E-state index < -0.39 is 0 Å². The van der Waals surface area contributed by atoms with E-state index in [9.17, 15) is 9.59 Å². The van der Waals surface area contributed by atoms with Crippen molar-refractivity contribution >= 4 is 11.8 Å². The number of amides is 2. The molecule has 2 fully saturated rings. The van der Waals surface area contributed by atoms with Crippen LogP contribution in [0.25, 0.3) is 0 Å². The van der Waals surface area contributed by atoms with Gasteiger partial charge in [-0.1, -0.05) is 24.3 Å². The highest BCUT2D eigenvalue weighted by Crippen LogP contribution is 2.60. The molecule has 0 bridgehead atoms. The molecular formula is C17H20N2O2. The molecule has 2 amide bonds. The average molecular weight is 284 g/mol. The number of nitrogens with zero attached hydrogens (tertiary/aromatic N) is 1. The fraction of sp³-hybridized carbons (Fsp3) is 0.529. The van der Waals surface area contributed by atoms with E-state index in [-0.39, 0.29) is 23.8 Å². The summed E-state index contributed by atoms with van der Waals surface area (Å²) in [6.45, 7) is 3.04. The van der Waals surface area contributed by atoms with Gasteiger partial charge in [0.25, 0.3) is 0 Å². The van der Waals surface area contributed by atoms with Crippen LogP contribution in [0.3, 0.4) is 0 Å². The number of rotatable bonds is 1. The maximum absolute atomic E-state index is 12.8. The van der Waals surface area contributed by atoms with Crippen LogP contribution in [0, 0.1) is 11.8 Å². The van der Waals surface area contributed by atoms with Crippen molar-refractivity contribution in [3.63, 3.8) is 0 Å². The maximum atomic E-state index is 12.8. The molecule has 0 radical (unpaired) electrons.